The van der Waals surface area contributed by atoms with Crippen LogP contribution in [0.5, 0.6) is 0 Å². The van der Waals surface area contributed by atoms with Crippen LogP contribution in [0.15, 0.2) is 0 Å². The number of rotatable bonds is 4. The summed E-state index contributed by atoms with van der Waals surface area (Å²) in [5, 5.41) is 21.2. The molecule has 1 saturated carbocycles. The second-order valence-corrected chi connectivity index (χ2v) is 4.99. The number of aliphatic hydroxyl groups is 1. The van der Waals surface area contributed by atoms with Crippen LogP contribution >= 0.6 is 0 Å². The monoisotopic (exact) mass is 264 g/mol. The molecule has 0 radical (unpaired) electrons. The van der Waals surface area contributed by atoms with E-state index in [4.69, 9.17) is 5.26 Å². The third-order valence-corrected chi connectivity index (χ3v) is 3.39. The van der Waals surface area contributed by atoms with E-state index in [0.717, 1.165) is 25.7 Å². The molecule has 0 saturated heterocycles. The summed E-state index contributed by atoms with van der Waals surface area (Å²) >= 11 is 0. The highest BCUT2D eigenvalue weighted by Gasteiger charge is 2.40. The number of hydrogen-bond donors (Lipinski definition) is 2. The van der Waals surface area contributed by atoms with Crippen molar-refractivity contribution in [2.75, 3.05) is 13.1 Å². The van der Waals surface area contributed by atoms with Gasteiger partial charge in [0.15, 0.2) is 5.92 Å². The molecule has 1 rings (SSSR count). The zero-order valence-corrected chi connectivity index (χ0v) is 10.3. The largest absolute Gasteiger partial charge is 0.405 e. The molecule has 104 valence electrons. The van der Waals surface area contributed by atoms with E-state index in [1.54, 1.807) is 0 Å². The van der Waals surface area contributed by atoms with Gasteiger partial charge in [0.25, 0.3) is 0 Å². The average molecular weight is 264 g/mol. The van der Waals surface area contributed by atoms with Crippen molar-refractivity contribution in [2.45, 2.75) is 50.3 Å². The molecule has 1 aliphatic rings. The van der Waals surface area contributed by atoms with Crippen LogP contribution in [0.1, 0.15) is 38.5 Å². The third-order valence-electron chi connectivity index (χ3n) is 3.39. The minimum Gasteiger partial charge on any atom is -0.389 e. The van der Waals surface area contributed by atoms with Gasteiger partial charge in [0.05, 0.1) is 11.7 Å². The van der Waals surface area contributed by atoms with Gasteiger partial charge in [-0.3, -0.25) is 0 Å². The summed E-state index contributed by atoms with van der Waals surface area (Å²) in [6.07, 6.45) is 0.649. The quantitative estimate of drug-likeness (QED) is 0.766. The first-order valence-corrected chi connectivity index (χ1v) is 6.27. The Morgan fingerprint density at radius 1 is 1.22 bits per heavy atom. The van der Waals surface area contributed by atoms with Crippen LogP contribution in [0.3, 0.4) is 0 Å². The van der Waals surface area contributed by atoms with Crippen LogP contribution in [0, 0.1) is 17.2 Å². The van der Waals surface area contributed by atoms with Gasteiger partial charge in [-0.15, -0.1) is 0 Å². The van der Waals surface area contributed by atoms with Gasteiger partial charge in [-0.25, -0.2) is 0 Å². The maximum absolute atomic E-state index is 12.3. The molecule has 0 spiro atoms. The van der Waals surface area contributed by atoms with Crippen LogP contribution in [-0.4, -0.2) is 30.0 Å². The van der Waals surface area contributed by atoms with E-state index >= 15 is 0 Å². The Hall–Kier alpha value is -0.800. The lowest BCUT2D eigenvalue weighted by Gasteiger charge is -2.27. The molecule has 18 heavy (non-hydrogen) atoms. The maximum Gasteiger partial charge on any atom is 0.405 e. The molecule has 1 unspecified atom stereocenters. The first-order valence-electron chi connectivity index (χ1n) is 6.27. The van der Waals surface area contributed by atoms with Crippen molar-refractivity contribution in [3.8, 4) is 6.07 Å². The fourth-order valence-electron chi connectivity index (χ4n) is 2.25. The topological polar surface area (TPSA) is 56.0 Å². The van der Waals surface area contributed by atoms with Crippen molar-refractivity contribution >= 4 is 0 Å². The lowest BCUT2D eigenvalue weighted by Crippen LogP contribution is -2.43. The highest BCUT2D eigenvalue weighted by molar-refractivity contribution is 4.91. The second kappa shape index (κ2) is 6.39. The van der Waals surface area contributed by atoms with Crippen LogP contribution in [0.4, 0.5) is 13.2 Å². The van der Waals surface area contributed by atoms with Crippen molar-refractivity contribution in [3.05, 3.63) is 0 Å². The number of alkyl halides is 3. The molecule has 0 heterocycles. The molecule has 0 amide bonds. The van der Waals surface area contributed by atoms with Gasteiger partial charge in [-0.05, 0) is 12.8 Å². The Morgan fingerprint density at radius 2 is 1.78 bits per heavy atom. The predicted octanol–water partition coefficient (Wildman–Crippen LogP) is 2.36. The molecule has 1 atom stereocenters. The van der Waals surface area contributed by atoms with E-state index in [1.165, 1.54) is 6.07 Å². The van der Waals surface area contributed by atoms with Crippen molar-refractivity contribution in [2.24, 2.45) is 5.92 Å². The first-order chi connectivity index (χ1) is 8.37. The Bertz CT molecular complexity index is 291. The summed E-state index contributed by atoms with van der Waals surface area (Å²) in [5.41, 5.74) is -0.915. The molecule has 2 N–H and O–H groups in total. The van der Waals surface area contributed by atoms with Crippen LogP contribution in [0.2, 0.25) is 0 Å². The lowest BCUT2D eigenvalue weighted by atomic mass is 9.94. The summed E-state index contributed by atoms with van der Waals surface area (Å²) in [5.74, 6) is -2.01. The van der Waals surface area contributed by atoms with Crippen LogP contribution in [0.25, 0.3) is 0 Å². The van der Waals surface area contributed by atoms with Crippen molar-refractivity contribution < 1.29 is 18.3 Å². The number of nitrogens with zero attached hydrogens (tertiary/aromatic N) is 1. The van der Waals surface area contributed by atoms with Crippen LogP contribution in [-0.2, 0) is 0 Å². The Labute approximate surface area is 105 Å². The molecule has 0 aliphatic heterocycles. The lowest BCUT2D eigenvalue weighted by molar-refractivity contribution is -0.158. The average Bonchev–Trinajstić information content (AvgIpc) is 2.48. The highest BCUT2D eigenvalue weighted by Crippen LogP contribution is 2.27. The van der Waals surface area contributed by atoms with Gasteiger partial charge >= 0.3 is 6.18 Å². The van der Waals surface area contributed by atoms with E-state index in [0.29, 0.717) is 12.8 Å². The van der Waals surface area contributed by atoms with Crippen molar-refractivity contribution in [1.82, 2.24) is 5.32 Å². The van der Waals surface area contributed by atoms with E-state index in [2.05, 4.69) is 5.32 Å². The summed E-state index contributed by atoms with van der Waals surface area (Å²) in [7, 11) is 0. The normalized spacial score (nSPS) is 21.9. The third kappa shape index (κ3) is 4.83. The van der Waals surface area contributed by atoms with E-state index in [9.17, 15) is 18.3 Å². The van der Waals surface area contributed by atoms with Gasteiger partial charge in [-0.1, -0.05) is 25.7 Å². The second-order valence-electron chi connectivity index (χ2n) is 4.99. The number of nitriles is 1. The molecule has 0 aromatic carbocycles. The smallest absolute Gasteiger partial charge is 0.389 e. The first kappa shape index (κ1) is 15.3. The summed E-state index contributed by atoms with van der Waals surface area (Å²) in [6, 6.07) is 1.24. The fraction of sp³-hybridized carbons (Fsp3) is 0.917. The summed E-state index contributed by atoms with van der Waals surface area (Å²) in [6.45, 7) is -0.330. The molecule has 1 aliphatic carbocycles. The summed E-state index contributed by atoms with van der Waals surface area (Å²) in [4.78, 5) is 0. The number of halogens is 3. The zero-order chi connectivity index (χ0) is 13.6. The van der Waals surface area contributed by atoms with E-state index in [1.807, 2.05) is 0 Å². The molecular weight excluding hydrogens is 245 g/mol. The zero-order valence-electron chi connectivity index (χ0n) is 10.3. The van der Waals surface area contributed by atoms with Crippen molar-refractivity contribution in [1.29, 1.82) is 5.26 Å². The number of nitrogens with one attached hydrogen (secondary N) is 1. The maximum atomic E-state index is 12.3. The van der Waals surface area contributed by atoms with Crippen molar-refractivity contribution in [3.63, 3.8) is 0 Å². The van der Waals surface area contributed by atoms with E-state index in [-0.39, 0.29) is 6.54 Å². The Morgan fingerprint density at radius 3 is 2.22 bits per heavy atom. The molecule has 3 nitrogen and oxygen atoms in total. The minimum absolute atomic E-state index is 0.126. The highest BCUT2D eigenvalue weighted by atomic mass is 19.4. The molecule has 0 bridgehead atoms. The molecule has 6 heteroatoms. The SMILES string of the molecule is N#CC(CNCC1(O)CCCCCC1)C(F)(F)F. The standard InChI is InChI=1S/C12H19F3N2O/c13-12(14,15)10(7-16)8-17-9-11(18)5-3-1-2-4-6-11/h10,17-18H,1-6,8-9H2. The van der Waals surface area contributed by atoms with Crippen LogP contribution < -0.4 is 5.32 Å². The Balaban J connectivity index is 2.38. The van der Waals surface area contributed by atoms with Gasteiger partial charge in [-0.2, -0.15) is 18.4 Å². The Kier molecular flexibility index (Phi) is 5.42. The van der Waals surface area contributed by atoms with Gasteiger partial charge in [0.2, 0.25) is 0 Å². The molecule has 0 aromatic rings. The fourth-order valence-corrected chi connectivity index (χ4v) is 2.25. The predicted molar refractivity (Wildman–Crippen MR) is 60.7 cm³/mol. The summed E-state index contributed by atoms with van der Waals surface area (Å²) < 4.78 is 37.0. The minimum atomic E-state index is -4.51. The molecule has 0 aromatic heterocycles. The molecular formula is C12H19F3N2O. The van der Waals surface area contributed by atoms with E-state index < -0.39 is 24.2 Å². The molecule has 1 fully saturated rings. The van der Waals surface area contributed by atoms with Gasteiger partial charge < -0.3 is 10.4 Å². The number of hydrogen-bond acceptors (Lipinski definition) is 3. The van der Waals surface area contributed by atoms with Gasteiger partial charge in [0, 0.05) is 13.1 Å². The van der Waals surface area contributed by atoms with Gasteiger partial charge in [0.1, 0.15) is 0 Å².